The van der Waals surface area contributed by atoms with E-state index in [2.05, 4.69) is 51.1 Å². The molecule has 0 amide bonds. The Bertz CT molecular complexity index is 902. The first-order valence-electron chi connectivity index (χ1n) is 8.64. The Kier molecular flexibility index (Phi) is 5.33. The fourth-order valence-electron chi connectivity index (χ4n) is 2.67. The van der Waals surface area contributed by atoms with Crippen molar-refractivity contribution < 1.29 is 4.42 Å². The molecule has 0 atom stereocenters. The molecule has 0 bridgehead atoms. The van der Waals surface area contributed by atoms with Crippen LogP contribution in [0.1, 0.15) is 37.5 Å². The maximum atomic E-state index is 11.2. The van der Waals surface area contributed by atoms with Crippen molar-refractivity contribution in [2.75, 3.05) is 0 Å². The molecule has 1 aromatic heterocycles. The van der Waals surface area contributed by atoms with Crippen LogP contribution in [0.2, 0.25) is 0 Å². The number of hydrogen-bond acceptors (Lipinski definition) is 3. The molecule has 0 fully saturated rings. The lowest BCUT2D eigenvalue weighted by Gasteiger charge is -2.17. The standard InChI is InChI=1S/C22H24O2S/c1-22(2,3)25-15-18-8-5-16(6-9-18)4-7-17-10-12-20-19(14-17)11-13-21(23)24-20/h5-6,8-14H,4,7,15H2,1-3H3. The van der Waals surface area contributed by atoms with Gasteiger partial charge in [-0.3, -0.25) is 0 Å². The van der Waals surface area contributed by atoms with Gasteiger partial charge in [0.1, 0.15) is 5.58 Å². The van der Waals surface area contributed by atoms with Crippen molar-refractivity contribution in [1.29, 1.82) is 0 Å². The van der Waals surface area contributed by atoms with Gasteiger partial charge in [0.05, 0.1) is 0 Å². The van der Waals surface area contributed by atoms with E-state index in [0.717, 1.165) is 24.0 Å². The van der Waals surface area contributed by atoms with E-state index in [1.54, 1.807) is 0 Å². The predicted molar refractivity (Wildman–Crippen MR) is 107 cm³/mol. The average Bonchev–Trinajstić information content (AvgIpc) is 2.58. The van der Waals surface area contributed by atoms with Gasteiger partial charge < -0.3 is 4.42 Å². The highest BCUT2D eigenvalue weighted by molar-refractivity contribution is 7.99. The SMILES string of the molecule is CC(C)(C)SCc1ccc(CCc2ccc3oc(=O)ccc3c2)cc1. The summed E-state index contributed by atoms with van der Waals surface area (Å²) in [6.45, 7) is 6.75. The average molecular weight is 352 g/mol. The summed E-state index contributed by atoms with van der Waals surface area (Å²) in [5.74, 6) is 1.06. The van der Waals surface area contributed by atoms with Crippen molar-refractivity contribution in [3.05, 3.63) is 81.7 Å². The molecule has 0 saturated heterocycles. The fourth-order valence-corrected chi connectivity index (χ4v) is 3.46. The number of aryl methyl sites for hydroxylation is 2. The number of rotatable bonds is 5. The molecule has 2 nitrogen and oxygen atoms in total. The first-order chi connectivity index (χ1) is 11.9. The van der Waals surface area contributed by atoms with Gasteiger partial charge in [-0.15, -0.1) is 0 Å². The molecule has 130 valence electrons. The predicted octanol–water partition coefficient (Wildman–Crippen LogP) is 5.61. The number of thioether (sulfide) groups is 1. The molecule has 0 spiro atoms. The van der Waals surface area contributed by atoms with Gasteiger partial charge in [0.2, 0.25) is 0 Å². The first-order valence-corrected chi connectivity index (χ1v) is 9.62. The van der Waals surface area contributed by atoms with Crippen LogP contribution in [0.5, 0.6) is 0 Å². The van der Waals surface area contributed by atoms with Crippen molar-refractivity contribution in [3.8, 4) is 0 Å². The maximum absolute atomic E-state index is 11.2. The van der Waals surface area contributed by atoms with Gasteiger partial charge >= 0.3 is 5.63 Å². The summed E-state index contributed by atoms with van der Waals surface area (Å²) in [6, 6.07) is 18.3. The zero-order valence-corrected chi connectivity index (χ0v) is 15.9. The molecule has 3 aromatic rings. The largest absolute Gasteiger partial charge is 0.423 e. The second-order valence-corrected chi connectivity index (χ2v) is 9.15. The second-order valence-electron chi connectivity index (χ2n) is 7.34. The zero-order chi connectivity index (χ0) is 17.9. The van der Waals surface area contributed by atoms with Gasteiger partial charge in [0.25, 0.3) is 0 Å². The third-order valence-electron chi connectivity index (χ3n) is 4.08. The summed E-state index contributed by atoms with van der Waals surface area (Å²) in [5.41, 5.74) is 4.34. The van der Waals surface area contributed by atoms with Gasteiger partial charge in [0.15, 0.2) is 0 Å². The van der Waals surface area contributed by atoms with Gasteiger partial charge in [-0.2, -0.15) is 11.8 Å². The molecule has 3 heteroatoms. The number of benzene rings is 2. The Morgan fingerprint density at radius 2 is 1.48 bits per heavy atom. The summed E-state index contributed by atoms with van der Waals surface area (Å²) >= 11 is 1.97. The van der Waals surface area contributed by atoms with Gasteiger partial charge in [0, 0.05) is 22.0 Å². The van der Waals surface area contributed by atoms with Crippen molar-refractivity contribution in [2.45, 2.75) is 44.1 Å². The first kappa shape index (κ1) is 17.8. The van der Waals surface area contributed by atoms with Crippen LogP contribution in [0.4, 0.5) is 0 Å². The molecule has 0 saturated carbocycles. The van der Waals surface area contributed by atoms with Gasteiger partial charge in [-0.25, -0.2) is 4.79 Å². The summed E-state index contributed by atoms with van der Waals surface area (Å²) in [7, 11) is 0. The molecule has 1 heterocycles. The molecule has 3 rings (SSSR count). The highest BCUT2D eigenvalue weighted by atomic mass is 32.2. The third kappa shape index (κ3) is 5.23. The van der Waals surface area contributed by atoms with Crippen LogP contribution in [-0.4, -0.2) is 4.75 Å². The summed E-state index contributed by atoms with van der Waals surface area (Å²) in [4.78, 5) is 11.2. The lowest BCUT2D eigenvalue weighted by atomic mass is 10.0. The molecule has 0 radical (unpaired) electrons. The van der Waals surface area contributed by atoms with Crippen LogP contribution in [0.25, 0.3) is 11.0 Å². The molecule has 0 N–H and O–H groups in total. The Balaban J connectivity index is 1.61. The van der Waals surface area contributed by atoms with E-state index in [0.29, 0.717) is 10.3 Å². The zero-order valence-electron chi connectivity index (χ0n) is 15.0. The smallest absolute Gasteiger partial charge is 0.336 e. The molecule has 0 unspecified atom stereocenters. The van der Waals surface area contributed by atoms with Crippen molar-refractivity contribution >= 4 is 22.7 Å². The molecule has 0 aliphatic heterocycles. The van der Waals surface area contributed by atoms with E-state index < -0.39 is 0 Å². The normalized spacial score (nSPS) is 11.8. The summed E-state index contributed by atoms with van der Waals surface area (Å²) < 4.78 is 5.48. The number of hydrogen-bond donors (Lipinski definition) is 0. The van der Waals surface area contributed by atoms with E-state index in [1.165, 1.54) is 22.8 Å². The van der Waals surface area contributed by atoms with Gasteiger partial charge in [-0.05, 0) is 47.7 Å². The highest BCUT2D eigenvalue weighted by Gasteiger charge is 2.10. The topological polar surface area (TPSA) is 30.2 Å². The van der Waals surface area contributed by atoms with Crippen molar-refractivity contribution in [3.63, 3.8) is 0 Å². The monoisotopic (exact) mass is 352 g/mol. The van der Waals surface area contributed by atoms with Crippen LogP contribution in [0.15, 0.2) is 63.8 Å². The van der Waals surface area contributed by atoms with Crippen molar-refractivity contribution in [1.82, 2.24) is 0 Å². The summed E-state index contributed by atoms with van der Waals surface area (Å²) in [6.07, 6.45) is 1.99. The Hall–Kier alpha value is -2.00. The van der Waals surface area contributed by atoms with Crippen LogP contribution >= 0.6 is 11.8 Å². The minimum absolute atomic E-state index is 0.299. The molecular formula is C22H24O2S. The Morgan fingerprint density at radius 3 is 2.20 bits per heavy atom. The van der Waals surface area contributed by atoms with E-state index in [9.17, 15) is 4.79 Å². The molecule has 0 aliphatic rings. The quantitative estimate of drug-likeness (QED) is 0.559. The minimum atomic E-state index is -0.301. The van der Waals surface area contributed by atoms with E-state index in [-0.39, 0.29) is 5.63 Å². The number of fused-ring (bicyclic) bond motifs is 1. The third-order valence-corrected chi connectivity index (χ3v) is 5.42. The van der Waals surface area contributed by atoms with Crippen molar-refractivity contribution in [2.24, 2.45) is 0 Å². The Labute approximate surface area is 153 Å². The van der Waals surface area contributed by atoms with E-state index in [4.69, 9.17) is 4.42 Å². The lowest BCUT2D eigenvalue weighted by molar-refractivity contribution is 0.561. The fraction of sp³-hybridized carbons (Fsp3) is 0.318. The van der Waals surface area contributed by atoms with Crippen LogP contribution in [0.3, 0.4) is 0 Å². The lowest BCUT2D eigenvalue weighted by Crippen LogP contribution is -2.07. The molecule has 2 aromatic carbocycles. The van der Waals surface area contributed by atoms with Crippen LogP contribution < -0.4 is 5.63 Å². The van der Waals surface area contributed by atoms with E-state index in [1.807, 2.05) is 30.0 Å². The molecule has 25 heavy (non-hydrogen) atoms. The minimum Gasteiger partial charge on any atom is -0.423 e. The van der Waals surface area contributed by atoms with Crippen LogP contribution in [0, 0.1) is 0 Å². The molecular weight excluding hydrogens is 328 g/mol. The van der Waals surface area contributed by atoms with E-state index >= 15 is 0 Å². The van der Waals surface area contributed by atoms with Crippen LogP contribution in [-0.2, 0) is 18.6 Å². The second kappa shape index (κ2) is 7.49. The highest BCUT2D eigenvalue weighted by Crippen LogP contribution is 2.27. The Morgan fingerprint density at radius 1 is 0.840 bits per heavy atom. The van der Waals surface area contributed by atoms with Gasteiger partial charge in [-0.1, -0.05) is 51.1 Å². The maximum Gasteiger partial charge on any atom is 0.336 e. The molecule has 0 aliphatic carbocycles. The summed E-state index contributed by atoms with van der Waals surface area (Å²) in [5, 5.41) is 0.978.